The molecule has 0 aliphatic heterocycles. The Morgan fingerprint density at radius 3 is 2.59 bits per heavy atom. The SMILES string of the molecule is CC(Oc1cc2sc(-c3ccccc3OC(N)=O)nc2cc1F)c1c(Cl)ccc(F)c1Cl. The Morgan fingerprint density at radius 2 is 1.84 bits per heavy atom. The van der Waals surface area contributed by atoms with Gasteiger partial charge in [-0.25, -0.2) is 18.6 Å². The summed E-state index contributed by atoms with van der Waals surface area (Å²) in [7, 11) is 0. The first-order chi connectivity index (χ1) is 15.2. The van der Waals surface area contributed by atoms with E-state index in [-0.39, 0.29) is 27.1 Å². The molecule has 1 atom stereocenters. The molecule has 1 heterocycles. The summed E-state index contributed by atoms with van der Waals surface area (Å²) in [5, 5.41) is 0.520. The minimum absolute atomic E-state index is 0.0711. The molecule has 1 amide bonds. The molecular formula is C22H14Cl2F2N2O3S. The molecule has 0 saturated heterocycles. The number of primary amides is 1. The lowest BCUT2D eigenvalue weighted by Crippen LogP contribution is -2.16. The summed E-state index contributed by atoms with van der Waals surface area (Å²) in [4.78, 5) is 15.6. The number of ether oxygens (including phenoxy) is 2. The van der Waals surface area contributed by atoms with Crippen molar-refractivity contribution < 1.29 is 23.0 Å². The molecule has 4 rings (SSSR count). The molecule has 2 N–H and O–H groups in total. The van der Waals surface area contributed by atoms with E-state index in [9.17, 15) is 13.6 Å². The van der Waals surface area contributed by atoms with Crippen LogP contribution in [0.25, 0.3) is 20.8 Å². The van der Waals surface area contributed by atoms with Crippen molar-refractivity contribution in [3.63, 3.8) is 0 Å². The summed E-state index contributed by atoms with van der Waals surface area (Å²) in [6, 6.07) is 11.9. The summed E-state index contributed by atoms with van der Waals surface area (Å²) in [5.74, 6) is -1.15. The van der Waals surface area contributed by atoms with E-state index in [1.807, 2.05) is 0 Å². The monoisotopic (exact) mass is 494 g/mol. The fourth-order valence-electron chi connectivity index (χ4n) is 3.14. The van der Waals surface area contributed by atoms with E-state index in [1.165, 1.54) is 29.5 Å². The highest BCUT2D eigenvalue weighted by molar-refractivity contribution is 7.21. The van der Waals surface area contributed by atoms with Crippen molar-refractivity contribution in [1.82, 2.24) is 4.98 Å². The van der Waals surface area contributed by atoms with Crippen LogP contribution in [-0.2, 0) is 0 Å². The number of amides is 1. The maximum absolute atomic E-state index is 14.8. The number of rotatable bonds is 5. The highest BCUT2D eigenvalue weighted by atomic mass is 35.5. The highest BCUT2D eigenvalue weighted by Crippen LogP contribution is 2.40. The van der Waals surface area contributed by atoms with Crippen LogP contribution in [0.5, 0.6) is 11.5 Å². The molecule has 0 aliphatic rings. The number of carbonyl (C=O) groups is 1. The van der Waals surface area contributed by atoms with Crippen molar-refractivity contribution in [3.8, 4) is 22.1 Å². The molecule has 10 heteroatoms. The molecule has 0 spiro atoms. The lowest BCUT2D eigenvalue weighted by molar-refractivity contribution is 0.211. The average molecular weight is 495 g/mol. The van der Waals surface area contributed by atoms with Gasteiger partial charge in [0.25, 0.3) is 0 Å². The van der Waals surface area contributed by atoms with Crippen LogP contribution in [0.15, 0.2) is 48.5 Å². The third kappa shape index (κ3) is 4.34. The number of hydrogen-bond donors (Lipinski definition) is 1. The lowest BCUT2D eigenvalue weighted by atomic mass is 10.1. The van der Waals surface area contributed by atoms with Crippen LogP contribution in [0.3, 0.4) is 0 Å². The molecular weight excluding hydrogens is 481 g/mol. The predicted octanol–water partition coefficient (Wildman–Crippen LogP) is 7.15. The number of nitrogens with zero attached hydrogens (tertiary/aromatic N) is 1. The van der Waals surface area contributed by atoms with Crippen LogP contribution < -0.4 is 15.2 Å². The standard InChI is InChI=1S/C22H14Cl2F2N2O3S/c1-10(19-12(23)6-7-13(25)20(19)24)30-17-9-18-15(8-14(17)26)28-21(32-18)11-4-2-3-5-16(11)31-22(27)29/h2-10H,1H3,(H2,27,29). The molecule has 0 bridgehead atoms. The number of hydrogen-bond acceptors (Lipinski definition) is 5. The van der Waals surface area contributed by atoms with Gasteiger partial charge in [-0.1, -0.05) is 35.3 Å². The van der Waals surface area contributed by atoms with Crippen LogP contribution >= 0.6 is 34.5 Å². The maximum Gasteiger partial charge on any atom is 0.409 e. The zero-order chi connectivity index (χ0) is 23.0. The summed E-state index contributed by atoms with van der Waals surface area (Å²) in [5.41, 5.74) is 6.26. The minimum Gasteiger partial charge on any atom is -0.483 e. The van der Waals surface area contributed by atoms with Crippen molar-refractivity contribution in [2.24, 2.45) is 5.73 Å². The van der Waals surface area contributed by atoms with Gasteiger partial charge in [-0.15, -0.1) is 11.3 Å². The fourth-order valence-corrected chi connectivity index (χ4v) is 4.82. The number of carbonyl (C=O) groups excluding carboxylic acids is 1. The number of benzene rings is 3. The Kier molecular flexibility index (Phi) is 6.19. The van der Waals surface area contributed by atoms with Gasteiger partial charge in [-0.2, -0.15) is 0 Å². The zero-order valence-corrected chi connectivity index (χ0v) is 18.7. The summed E-state index contributed by atoms with van der Waals surface area (Å²) >= 11 is 13.4. The minimum atomic E-state index is -0.955. The lowest BCUT2D eigenvalue weighted by Gasteiger charge is -2.18. The van der Waals surface area contributed by atoms with Gasteiger partial charge in [0.2, 0.25) is 0 Å². The summed E-state index contributed by atoms with van der Waals surface area (Å²) < 4.78 is 40.0. The van der Waals surface area contributed by atoms with Gasteiger partial charge in [0.1, 0.15) is 22.7 Å². The van der Waals surface area contributed by atoms with Gasteiger partial charge in [-0.05, 0) is 31.2 Å². The Labute approximate surface area is 195 Å². The van der Waals surface area contributed by atoms with E-state index >= 15 is 0 Å². The molecule has 5 nitrogen and oxygen atoms in total. The Morgan fingerprint density at radius 1 is 1.09 bits per heavy atom. The first-order valence-corrected chi connectivity index (χ1v) is 10.8. The number of nitrogens with two attached hydrogens (primary N) is 1. The number of para-hydroxylation sites is 1. The maximum atomic E-state index is 14.8. The molecule has 0 radical (unpaired) electrons. The smallest absolute Gasteiger partial charge is 0.409 e. The van der Waals surface area contributed by atoms with E-state index in [2.05, 4.69) is 4.98 Å². The van der Waals surface area contributed by atoms with Gasteiger partial charge in [-0.3, -0.25) is 0 Å². The predicted molar refractivity (Wildman–Crippen MR) is 121 cm³/mol. The quantitative estimate of drug-likeness (QED) is 0.299. The number of aromatic nitrogens is 1. The molecule has 32 heavy (non-hydrogen) atoms. The van der Waals surface area contributed by atoms with Crippen molar-refractivity contribution in [1.29, 1.82) is 0 Å². The van der Waals surface area contributed by atoms with E-state index in [4.69, 9.17) is 38.4 Å². The molecule has 0 saturated carbocycles. The van der Waals surface area contributed by atoms with E-state index in [1.54, 1.807) is 31.2 Å². The van der Waals surface area contributed by atoms with Crippen LogP contribution in [0.2, 0.25) is 10.0 Å². The second-order valence-corrected chi connectivity index (χ2v) is 8.52. The zero-order valence-electron chi connectivity index (χ0n) is 16.4. The molecule has 4 aromatic rings. The first-order valence-electron chi connectivity index (χ1n) is 9.21. The van der Waals surface area contributed by atoms with Gasteiger partial charge in [0.05, 0.1) is 20.8 Å². The number of halogens is 4. The largest absolute Gasteiger partial charge is 0.483 e. The topological polar surface area (TPSA) is 74.4 Å². The summed E-state index contributed by atoms with van der Waals surface area (Å²) in [6.45, 7) is 1.59. The third-order valence-corrected chi connectivity index (χ3v) is 6.33. The Balaban J connectivity index is 1.70. The van der Waals surface area contributed by atoms with E-state index < -0.39 is 23.8 Å². The molecule has 1 aromatic heterocycles. The van der Waals surface area contributed by atoms with Crippen molar-refractivity contribution >= 4 is 50.8 Å². The Hall–Kier alpha value is -2.94. The molecule has 0 aliphatic carbocycles. The van der Waals surface area contributed by atoms with Gasteiger partial charge < -0.3 is 15.2 Å². The van der Waals surface area contributed by atoms with Gasteiger partial charge in [0.15, 0.2) is 11.6 Å². The average Bonchev–Trinajstić information content (AvgIpc) is 3.13. The van der Waals surface area contributed by atoms with Crippen molar-refractivity contribution in [2.75, 3.05) is 0 Å². The second kappa shape index (κ2) is 8.90. The Bertz CT molecular complexity index is 1350. The summed E-state index contributed by atoms with van der Waals surface area (Å²) in [6.07, 6.45) is -1.78. The second-order valence-electron chi connectivity index (χ2n) is 6.70. The van der Waals surface area contributed by atoms with E-state index in [0.29, 0.717) is 20.8 Å². The van der Waals surface area contributed by atoms with Crippen LogP contribution in [0.1, 0.15) is 18.6 Å². The fraction of sp³-hybridized carbons (Fsp3) is 0.0909. The van der Waals surface area contributed by atoms with Crippen LogP contribution in [0, 0.1) is 11.6 Å². The molecule has 0 fully saturated rings. The molecule has 164 valence electrons. The number of thiazole rings is 1. The van der Waals surface area contributed by atoms with Crippen LogP contribution in [0.4, 0.5) is 13.6 Å². The van der Waals surface area contributed by atoms with Crippen molar-refractivity contribution in [2.45, 2.75) is 13.0 Å². The van der Waals surface area contributed by atoms with Gasteiger partial charge in [0, 0.05) is 22.7 Å². The third-order valence-electron chi connectivity index (χ3n) is 4.56. The van der Waals surface area contributed by atoms with E-state index in [0.717, 1.165) is 6.07 Å². The highest BCUT2D eigenvalue weighted by Gasteiger charge is 2.21. The van der Waals surface area contributed by atoms with Gasteiger partial charge >= 0.3 is 6.09 Å². The normalized spacial score (nSPS) is 12.0. The molecule has 1 unspecified atom stereocenters. The molecule has 3 aromatic carbocycles. The van der Waals surface area contributed by atoms with Crippen molar-refractivity contribution in [3.05, 3.63) is 75.8 Å². The first kappa shape index (κ1) is 22.3. The number of fused-ring (bicyclic) bond motifs is 1. The van der Waals surface area contributed by atoms with Crippen LogP contribution in [-0.4, -0.2) is 11.1 Å².